The summed E-state index contributed by atoms with van der Waals surface area (Å²) in [5, 5.41) is 2.79. The van der Waals surface area contributed by atoms with Gasteiger partial charge < -0.3 is 5.32 Å². The van der Waals surface area contributed by atoms with E-state index in [1.165, 1.54) is 0 Å². The van der Waals surface area contributed by atoms with Gasteiger partial charge in [0.25, 0.3) is 0 Å². The highest BCUT2D eigenvalue weighted by molar-refractivity contribution is 6.32. The van der Waals surface area contributed by atoms with Crippen LogP contribution in [0.1, 0.15) is 12.5 Å². The molecule has 2 nitrogen and oxygen atoms in total. The van der Waals surface area contributed by atoms with Crippen LogP contribution in [-0.2, 0) is 6.18 Å². The molecule has 96 valence electrons. The number of hydrogen-bond acceptors (Lipinski definition) is 2. The Kier molecular flexibility index (Phi) is 4.89. The van der Waals surface area contributed by atoms with E-state index in [1.807, 2.05) is 6.92 Å². The Bertz CT molecular complexity index is 382. The van der Waals surface area contributed by atoms with E-state index in [2.05, 4.69) is 10.3 Å². The van der Waals surface area contributed by atoms with Gasteiger partial charge in [-0.15, -0.1) is 11.6 Å². The number of nitrogens with zero attached hydrogens (tertiary/aromatic N) is 1. The zero-order chi connectivity index (χ0) is 13.1. The normalized spacial score (nSPS) is 13.5. The van der Waals surface area contributed by atoms with Gasteiger partial charge >= 0.3 is 6.18 Å². The van der Waals surface area contributed by atoms with Gasteiger partial charge in [0.2, 0.25) is 0 Å². The monoisotopic (exact) mass is 286 g/mol. The van der Waals surface area contributed by atoms with Crippen molar-refractivity contribution in [3.8, 4) is 0 Å². The average molecular weight is 287 g/mol. The van der Waals surface area contributed by atoms with E-state index in [4.69, 9.17) is 23.2 Å². The van der Waals surface area contributed by atoms with Gasteiger partial charge in [0.1, 0.15) is 5.82 Å². The van der Waals surface area contributed by atoms with Crippen LogP contribution in [0.25, 0.3) is 0 Å². The highest BCUT2D eigenvalue weighted by atomic mass is 35.5. The molecule has 7 heteroatoms. The molecule has 0 bridgehead atoms. The van der Waals surface area contributed by atoms with Gasteiger partial charge in [-0.05, 0) is 12.0 Å². The summed E-state index contributed by atoms with van der Waals surface area (Å²) in [6.07, 6.45) is -3.68. The van der Waals surface area contributed by atoms with Crippen molar-refractivity contribution in [2.45, 2.75) is 13.1 Å². The van der Waals surface area contributed by atoms with Gasteiger partial charge in [0.05, 0.1) is 10.6 Å². The van der Waals surface area contributed by atoms with E-state index < -0.39 is 11.7 Å². The molecule has 1 rings (SSSR count). The molecule has 1 heterocycles. The summed E-state index contributed by atoms with van der Waals surface area (Å²) in [6.45, 7) is 2.40. The summed E-state index contributed by atoms with van der Waals surface area (Å²) in [6, 6.07) is 0.849. The summed E-state index contributed by atoms with van der Waals surface area (Å²) in [7, 11) is 0. The van der Waals surface area contributed by atoms with E-state index >= 15 is 0 Å². The number of alkyl halides is 4. The molecule has 0 amide bonds. The quantitative estimate of drug-likeness (QED) is 0.845. The standard InChI is InChI=1S/C10H11Cl2F3N2/c1-6(3-11)4-16-9-8(12)2-7(5-17-9)10(13,14)15/h2,5-6H,3-4H2,1H3,(H,16,17). The van der Waals surface area contributed by atoms with Crippen molar-refractivity contribution < 1.29 is 13.2 Å². The minimum absolute atomic E-state index is 0.0541. The van der Waals surface area contributed by atoms with Crippen molar-refractivity contribution in [3.63, 3.8) is 0 Å². The molecular weight excluding hydrogens is 276 g/mol. The fraction of sp³-hybridized carbons (Fsp3) is 0.500. The molecule has 0 aliphatic rings. The zero-order valence-corrected chi connectivity index (χ0v) is 10.5. The largest absolute Gasteiger partial charge is 0.417 e. The van der Waals surface area contributed by atoms with Crippen molar-refractivity contribution in [1.82, 2.24) is 4.98 Å². The molecule has 0 aliphatic heterocycles. The van der Waals surface area contributed by atoms with Gasteiger partial charge in [-0.2, -0.15) is 13.2 Å². The molecule has 0 radical (unpaired) electrons. The first-order valence-corrected chi connectivity index (χ1v) is 5.78. The van der Waals surface area contributed by atoms with Crippen molar-refractivity contribution in [1.29, 1.82) is 0 Å². The lowest BCUT2D eigenvalue weighted by molar-refractivity contribution is -0.137. The Balaban J connectivity index is 2.77. The SMILES string of the molecule is CC(CCl)CNc1ncc(C(F)(F)F)cc1Cl. The molecule has 1 aromatic rings. The van der Waals surface area contributed by atoms with Crippen LogP contribution in [0.3, 0.4) is 0 Å². The molecule has 0 aliphatic carbocycles. The van der Waals surface area contributed by atoms with Gasteiger partial charge in [-0.25, -0.2) is 4.98 Å². The Morgan fingerprint density at radius 2 is 2.12 bits per heavy atom. The number of halogens is 5. The maximum absolute atomic E-state index is 12.3. The predicted molar refractivity (Wildman–Crippen MR) is 62.6 cm³/mol. The van der Waals surface area contributed by atoms with Crippen LogP contribution >= 0.6 is 23.2 Å². The van der Waals surface area contributed by atoms with Crippen molar-refractivity contribution in [3.05, 3.63) is 22.8 Å². The van der Waals surface area contributed by atoms with Crippen molar-refractivity contribution >= 4 is 29.0 Å². The highest BCUT2D eigenvalue weighted by Gasteiger charge is 2.31. The second kappa shape index (κ2) is 5.78. The minimum atomic E-state index is -4.43. The molecule has 0 fully saturated rings. The Hall–Kier alpha value is -0.680. The highest BCUT2D eigenvalue weighted by Crippen LogP contribution is 2.32. The summed E-state index contributed by atoms with van der Waals surface area (Å²) in [5.74, 6) is 0.860. The zero-order valence-electron chi connectivity index (χ0n) is 8.98. The van der Waals surface area contributed by atoms with Crippen LogP contribution < -0.4 is 5.32 Å². The van der Waals surface area contributed by atoms with Gasteiger partial charge in [-0.3, -0.25) is 0 Å². The molecule has 1 N–H and O–H groups in total. The van der Waals surface area contributed by atoms with Crippen molar-refractivity contribution in [2.75, 3.05) is 17.7 Å². The van der Waals surface area contributed by atoms with Crippen LogP contribution in [0.4, 0.5) is 19.0 Å². The fourth-order valence-electron chi connectivity index (χ4n) is 1.05. The average Bonchev–Trinajstić information content (AvgIpc) is 2.25. The van der Waals surface area contributed by atoms with Gasteiger partial charge in [0, 0.05) is 18.6 Å². The fourth-order valence-corrected chi connectivity index (χ4v) is 1.39. The molecular formula is C10H11Cl2F3N2. The third kappa shape index (κ3) is 4.24. The molecule has 1 unspecified atom stereocenters. The maximum Gasteiger partial charge on any atom is 0.417 e. The molecule has 1 aromatic heterocycles. The predicted octanol–water partition coefficient (Wildman–Crippen LogP) is 4.04. The number of anilines is 1. The third-order valence-electron chi connectivity index (χ3n) is 2.05. The smallest absolute Gasteiger partial charge is 0.369 e. The molecule has 1 atom stereocenters. The first-order valence-electron chi connectivity index (χ1n) is 4.87. The summed E-state index contributed by atoms with van der Waals surface area (Å²) >= 11 is 11.3. The minimum Gasteiger partial charge on any atom is -0.369 e. The molecule has 17 heavy (non-hydrogen) atoms. The van der Waals surface area contributed by atoms with E-state index in [9.17, 15) is 13.2 Å². The molecule has 0 aromatic carbocycles. The van der Waals surface area contributed by atoms with Crippen molar-refractivity contribution in [2.24, 2.45) is 5.92 Å². The number of aromatic nitrogens is 1. The first kappa shape index (κ1) is 14.4. The van der Waals surface area contributed by atoms with Gasteiger partial charge in [0.15, 0.2) is 0 Å². The lowest BCUT2D eigenvalue weighted by atomic mass is 10.2. The summed E-state index contributed by atoms with van der Waals surface area (Å²) in [4.78, 5) is 3.64. The lowest BCUT2D eigenvalue weighted by Gasteiger charge is -2.12. The Morgan fingerprint density at radius 3 is 2.59 bits per heavy atom. The topological polar surface area (TPSA) is 24.9 Å². The molecule has 0 saturated carbocycles. The number of pyridine rings is 1. The van der Waals surface area contributed by atoms with E-state index in [1.54, 1.807) is 0 Å². The number of rotatable bonds is 4. The van der Waals surface area contributed by atoms with E-state index in [0.29, 0.717) is 12.4 Å². The molecule has 0 saturated heterocycles. The van der Waals surface area contributed by atoms with Gasteiger partial charge in [-0.1, -0.05) is 18.5 Å². The van der Waals surface area contributed by atoms with Crippen LogP contribution in [0.5, 0.6) is 0 Å². The summed E-state index contributed by atoms with van der Waals surface area (Å²) in [5.41, 5.74) is -0.863. The molecule has 0 spiro atoms. The van der Waals surface area contributed by atoms with Crippen LogP contribution in [0, 0.1) is 5.92 Å². The van der Waals surface area contributed by atoms with E-state index in [0.717, 1.165) is 12.3 Å². The first-order chi connectivity index (χ1) is 7.84. The van der Waals surface area contributed by atoms with E-state index in [-0.39, 0.29) is 16.8 Å². The Labute approximate surface area is 107 Å². The van der Waals surface area contributed by atoms with Crippen LogP contribution in [0.2, 0.25) is 5.02 Å². The summed E-state index contributed by atoms with van der Waals surface area (Å²) < 4.78 is 37.0. The number of nitrogens with one attached hydrogen (secondary N) is 1. The van der Waals surface area contributed by atoms with Crippen LogP contribution in [-0.4, -0.2) is 17.4 Å². The maximum atomic E-state index is 12.3. The lowest BCUT2D eigenvalue weighted by Crippen LogP contribution is -2.14. The Morgan fingerprint density at radius 1 is 1.47 bits per heavy atom. The van der Waals surface area contributed by atoms with Crippen LogP contribution in [0.15, 0.2) is 12.3 Å². The number of hydrogen-bond donors (Lipinski definition) is 1. The second-order valence-corrected chi connectivity index (χ2v) is 4.41. The second-order valence-electron chi connectivity index (χ2n) is 3.69. The third-order valence-corrected chi connectivity index (χ3v) is 2.86.